The molecule has 0 aliphatic carbocycles. The summed E-state index contributed by atoms with van der Waals surface area (Å²) in [6.45, 7) is 6.50. The molecule has 4 heterocycles. The number of fused-ring (bicyclic) bond motifs is 1. The van der Waals surface area contributed by atoms with E-state index in [4.69, 9.17) is 16.3 Å². The molecule has 3 aromatic heterocycles. The van der Waals surface area contributed by atoms with Crippen molar-refractivity contribution in [2.75, 3.05) is 43.9 Å². The van der Waals surface area contributed by atoms with Gasteiger partial charge in [-0.25, -0.2) is 4.98 Å². The molecule has 164 valence electrons. The van der Waals surface area contributed by atoms with Crippen molar-refractivity contribution in [1.29, 1.82) is 0 Å². The number of carbonyl (C=O) groups is 1. The fraction of sp³-hybridized carbons (Fsp3) is 0.429. The number of piperazine rings is 1. The van der Waals surface area contributed by atoms with E-state index in [0.717, 1.165) is 48.5 Å². The van der Waals surface area contributed by atoms with Crippen LogP contribution in [0.15, 0.2) is 30.7 Å². The molecule has 0 aromatic carbocycles. The van der Waals surface area contributed by atoms with E-state index in [2.05, 4.69) is 30.0 Å². The zero-order valence-corrected chi connectivity index (χ0v) is 18.5. The Hall–Kier alpha value is -2.91. The van der Waals surface area contributed by atoms with E-state index in [-0.39, 0.29) is 11.8 Å². The summed E-state index contributed by atoms with van der Waals surface area (Å²) in [5, 5.41) is 13.4. The minimum atomic E-state index is -0.00893. The lowest BCUT2D eigenvalue weighted by molar-refractivity contribution is -0.130. The highest BCUT2D eigenvalue weighted by atomic mass is 35.5. The number of amides is 1. The molecule has 1 N–H and O–H groups in total. The standard InChI is InChI=1S/C21H26ClN7O2/c1-3-23-18-5-4-16(12-24-18)31-21-20-15(11-25-26-21)13-27(2)17(20)14-28-6-8-29(9-7-28)19(30)10-22/h4-5,11-13H,3,6-10,14H2,1-2H3,(H,23,24). The molecule has 4 rings (SSSR count). The number of hydrogen-bond donors (Lipinski definition) is 1. The lowest BCUT2D eigenvalue weighted by Crippen LogP contribution is -2.48. The number of rotatable bonds is 7. The predicted octanol–water partition coefficient (Wildman–Crippen LogP) is 2.47. The van der Waals surface area contributed by atoms with Crippen LogP contribution >= 0.6 is 11.6 Å². The van der Waals surface area contributed by atoms with Crippen molar-refractivity contribution >= 4 is 34.1 Å². The van der Waals surface area contributed by atoms with Gasteiger partial charge in [-0.2, -0.15) is 5.10 Å². The normalized spacial score (nSPS) is 14.7. The summed E-state index contributed by atoms with van der Waals surface area (Å²) in [6, 6.07) is 3.74. The van der Waals surface area contributed by atoms with Crippen molar-refractivity contribution in [1.82, 2.24) is 29.5 Å². The van der Waals surface area contributed by atoms with Crippen LogP contribution < -0.4 is 10.1 Å². The second kappa shape index (κ2) is 9.49. The van der Waals surface area contributed by atoms with Crippen molar-refractivity contribution in [2.45, 2.75) is 13.5 Å². The number of anilines is 1. The highest BCUT2D eigenvalue weighted by Crippen LogP contribution is 2.31. The molecule has 0 spiro atoms. The van der Waals surface area contributed by atoms with Gasteiger partial charge in [0.15, 0.2) is 0 Å². The van der Waals surface area contributed by atoms with Gasteiger partial charge in [-0.1, -0.05) is 0 Å². The van der Waals surface area contributed by atoms with E-state index in [1.165, 1.54) is 0 Å². The average Bonchev–Trinajstić information content (AvgIpc) is 3.11. The molecule has 0 atom stereocenters. The van der Waals surface area contributed by atoms with Crippen LogP contribution in [0, 0.1) is 0 Å². The minimum absolute atomic E-state index is 0.00893. The Labute approximate surface area is 186 Å². The molecule has 0 saturated carbocycles. The number of pyridine rings is 1. The van der Waals surface area contributed by atoms with Crippen LogP contribution in [0.3, 0.4) is 0 Å². The third kappa shape index (κ3) is 4.72. The van der Waals surface area contributed by atoms with Crippen LogP contribution in [0.2, 0.25) is 0 Å². The number of aromatic nitrogens is 4. The number of aryl methyl sites for hydroxylation is 1. The van der Waals surface area contributed by atoms with Crippen LogP contribution in [-0.2, 0) is 18.4 Å². The quantitative estimate of drug-likeness (QED) is 0.561. The Kier molecular flexibility index (Phi) is 6.53. The van der Waals surface area contributed by atoms with Gasteiger partial charge < -0.3 is 19.5 Å². The second-order valence-corrected chi connectivity index (χ2v) is 7.74. The lowest BCUT2D eigenvalue weighted by atomic mass is 10.2. The highest BCUT2D eigenvalue weighted by molar-refractivity contribution is 6.27. The van der Waals surface area contributed by atoms with Gasteiger partial charge in [0.2, 0.25) is 11.8 Å². The maximum absolute atomic E-state index is 11.8. The molecule has 9 nitrogen and oxygen atoms in total. The maximum atomic E-state index is 11.8. The fourth-order valence-electron chi connectivity index (χ4n) is 3.78. The van der Waals surface area contributed by atoms with Crippen LogP contribution in [-0.4, -0.2) is 74.1 Å². The number of ether oxygens (including phenoxy) is 1. The first kappa shape index (κ1) is 21.3. The Morgan fingerprint density at radius 3 is 2.71 bits per heavy atom. The Bertz CT molecular complexity index is 1050. The average molecular weight is 444 g/mol. The smallest absolute Gasteiger partial charge is 0.248 e. The molecule has 0 bridgehead atoms. The summed E-state index contributed by atoms with van der Waals surface area (Å²) >= 11 is 5.69. The first-order valence-corrected chi connectivity index (χ1v) is 10.9. The van der Waals surface area contributed by atoms with Crippen molar-refractivity contribution < 1.29 is 9.53 Å². The molecule has 0 unspecified atom stereocenters. The topological polar surface area (TPSA) is 88.4 Å². The minimum Gasteiger partial charge on any atom is -0.435 e. The largest absolute Gasteiger partial charge is 0.435 e. The van der Waals surface area contributed by atoms with Crippen molar-refractivity contribution in [3.63, 3.8) is 0 Å². The van der Waals surface area contributed by atoms with Crippen molar-refractivity contribution in [2.24, 2.45) is 7.05 Å². The van der Waals surface area contributed by atoms with Crippen LogP contribution in [0.5, 0.6) is 11.6 Å². The van der Waals surface area contributed by atoms with Gasteiger partial charge in [-0.05, 0) is 19.1 Å². The maximum Gasteiger partial charge on any atom is 0.248 e. The SMILES string of the molecule is CCNc1ccc(Oc2nncc3cn(C)c(CN4CCN(C(=O)CCl)CC4)c23)cn1. The van der Waals surface area contributed by atoms with Gasteiger partial charge in [0.25, 0.3) is 0 Å². The highest BCUT2D eigenvalue weighted by Gasteiger charge is 2.23. The summed E-state index contributed by atoms with van der Waals surface area (Å²) in [6.07, 6.45) is 5.45. The van der Waals surface area contributed by atoms with Gasteiger partial charge in [0.05, 0.1) is 17.8 Å². The summed E-state index contributed by atoms with van der Waals surface area (Å²) in [5.41, 5.74) is 1.09. The number of alkyl halides is 1. The van der Waals surface area contributed by atoms with E-state index in [9.17, 15) is 4.79 Å². The van der Waals surface area contributed by atoms with E-state index in [0.29, 0.717) is 24.7 Å². The molecule has 1 aliphatic heterocycles. The molecule has 1 aliphatic rings. The molecule has 31 heavy (non-hydrogen) atoms. The summed E-state index contributed by atoms with van der Waals surface area (Å²) in [5.74, 6) is 1.89. The Morgan fingerprint density at radius 2 is 2.03 bits per heavy atom. The van der Waals surface area contributed by atoms with E-state index < -0.39 is 0 Å². The summed E-state index contributed by atoms with van der Waals surface area (Å²) in [4.78, 5) is 20.3. The van der Waals surface area contributed by atoms with E-state index in [1.807, 2.05) is 37.2 Å². The van der Waals surface area contributed by atoms with Crippen molar-refractivity contribution in [3.8, 4) is 11.6 Å². The molecule has 0 radical (unpaired) electrons. The van der Waals surface area contributed by atoms with Gasteiger partial charge in [-0.15, -0.1) is 16.7 Å². The number of nitrogens with zero attached hydrogens (tertiary/aromatic N) is 6. The molecule has 1 saturated heterocycles. The first-order chi connectivity index (χ1) is 15.1. The third-order valence-electron chi connectivity index (χ3n) is 5.42. The van der Waals surface area contributed by atoms with Crippen LogP contribution in [0.4, 0.5) is 5.82 Å². The van der Waals surface area contributed by atoms with Gasteiger partial charge >= 0.3 is 0 Å². The summed E-state index contributed by atoms with van der Waals surface area (Å²) in [7, 11) is 2.01. The first-order valence-electron chi connectivity index (χ1n) is 10.3. The molecule has 3 aromatic rings. The van der Waals surface area contributed by atoms with Crippen LogP contribution in [0.1, 0.15) is 12.6 Å². The predicted molar refractivity (Wildman–Crippen MR) is 120 cm³/mol. The fourth-order valence-corrected chi connectivity index (χ4v) is 3.95. The van der Waals surface area contributed by atoms with Gasteiger partial charge in [0.1, 0.15) is 17.4 Å². The number of nitrogens with one attached hydrogen (secondary N) is 1. The van der Waals surface area contributed by atoms with E-state index in [1.54, 1.807) is 12.4 Å². The van der Waals surface area contributed by atoms with Crippen LogP contribution in [0.25, 0.3) is 10.8 Å². The Morgan fingerprint density at radius 1 is 1.23 bits per heavy atom. The van der Waals surface area contributed by atoms with E-state index >= 15 is 0 Å². The zero-order valence-electron chi connectivity index (χ0n) is 17.7. The monoisotopic (exact) mass is 443 g/mol. The molecular weight excluding hydrogens is 418 g/mol. The molecule has 10 heteroatoms. The van der Waals surface area contributed by atoms with Gasteiger partial charge in [-0.3, -0.25) is 9.69 Å². The molecular formula is C21H26ClN7O2. The number of carbonyl (C=O) groups excluding carboxylic acids is 1. The summed E-state index contributed by atoms with van der Waals surface area (Å²) < 4.78 is 8.15. The second-order valence-electron chi connectivity index (χ2n) is 7.47. The van der Waals surface area contributed by atoms with Crippen molar-refractivity contribution in [3.05, 3.63) is 36.4 Å². The lowest BCUT2D eigenvalue weighted by Gasteiger charge is -2.34. The molecule has 1 amide bonds. The Balaban J connectivity index is 1.54. The molecule has 1 fully saturated rings. The number of halogens is 1. The van der Waals surface area contributed by atoms with Gasteiger partial charge in [0, 0.05) is 63.6 Å². The number of hydrogen-bond acceptors (Lipinski definition) is 7. The third-order valence-corrected chi connectivity index (χ3v) is 5.65. The zero-order chi connectivity index (χ0) is 21.8.